The molecule has 1 rings (SSSR count). The van der Waals surface area contributed by atoms with Crippen molar-refractivity contribution in [3.8, 4) is 0 Å². The Morgan fingerprint density at radius 1 is 1.38 bits per heavy atom. The molecule has 0 bridgehead atoms. The van der Waals surface area contributed by atoms with Gasteiger partial charge in [0.1, 0.15) is 0 Å². The van der Waals surface area contributed by atoms with Crippen LogP contribution in [-0.2, 0) is 4.74 Å². The smallest absolute Gasteiger partial charge is 0.338 e. The summed E-state index contributed by atoms with van der Waals surface area (Å²) in [4.78, 5) is 13.6. The maximum Gasteiger partial charge on any atom is 0.338 e. The molecule has 1 aromatic carbocycles. The number of ether oxygens (including phenoxy) is 1. The van der Waals surface area contributed by atoms with E-state index in [0.717, 1.165) is 18.5 Å². The number of carbonyl (C=O) groups excluding carboxylic acids is 1. The average molecular weight is 221 g/mol. The summed E-state index contributed by atoms with van der Waals surface area (Å²) in [6.45, 7) is 2.57. The fourth-order valence-corrected chi connectivity index (χ4v) is 1.30. The third-order valence-electron chi connectivity index (χ3n) is 2.33. The van der Waals surface area contributed by atoms with Crippen LogP contribution in [0, 0.1) is 0 Å². The largest absolute Gasteiger partial charge is 0.462 e. The second kappa shape index (κ2) is 6.16. The molecule has 0 amide bonds. The van der Waals surface area contributed by atoms with E-state index in [1.54, 1.807) is 6.07 Å². The molecule has 0 spiro atoms. The van der Waals surface area contributed by atoms with Crippen LogP contribution in [0.25, 0.3) is 0 Å². The first-order chi connectivity index (χ1) is 7.65. The highest BCUT2D eigenvalue weighted by atomic mass is 16.5. The minimum atomic E-state index is -0.239. The van der Waals surface area contributed by atoms with Crippen LogP contribution in [0.1, 0.15) is 30.1 Å². The highest BCUT2D eigenvalue weighted by molar-refractivity contribution is 5.90. The zero-order chi connectivity index (χ0) is 12.0. The average Bonchev–Trinajstić information content (AvgIpc) is 2.29. The van der Waals surface area contributed by atoms with E-state index in [2.05, 4.69) is 6.92 Å². The van der Waals surface area contributed by atoms with Crippen LogP contribution in [0.4, 0.5) is 5.69 Å². The predicted molar refractivity (Wildman–Crippen MR) is 66.0 cm³/mol. The van der Waals surface area contributed by atoms with E-state index in [4.69, 9.17) is 4.74 Å². The molecular formula is C13H19NO2. The van der Waals surface area contributed by atoms with E-state index in [-0.39, 0.29) is 5.97 Å². The van der Waals surface area contributed by atoms with E-state index >= 15 is 0 Å². The summed E-state index contributed by atoms with van der Waals surface area (Å²) in [5.74, 6) is -0.239. The quantitative estimate of drug-likeness (QED) is 0.565. The SMILES string of the molecule is CCCCOC(=O)c1cccc(N(C)C)c1. The summed E-state index contributed by atoms with van der Waals surface area (Å²) >= 11 is 0. The van der Waals surface area contributed by atoms with Gasteiger partial charge in [0, 0.05) is 19.8 Å². The summed E-state index contributed by atoms with van der Waals surface area (Å²) in [5.41, 5.74) is 1.62. The molecule has 0 heterocycles. The van der Waals surface area contributed by atoms with Crippen molar-refractivity contribution in [3.05, 3.63) is 29.8 Å². The molecule has 88 valence electrons. The van der Waals surface area contributed by atoms with Crippen LogP contribution in [0.15, 0.2) is 24.3 Å². The minimum Gasteiger partial charge on any atom is -0.462 e. The number of nitrogens with zero attached hydrogens (tertiary/aromatic N) is 1. The second-order valence-electron chi connectivity index (χ2n) is 3.93. The van der Waals surface area contributed by atoms with Gasteiger partial charge in [0.05, 0.1) is 12.2 Å². The lowest BCUT2D eigenvalue weighted by Crippen LogP contribution is -2.11. The Balaban J connectivity index is 2.64. The molecule has 16 heavy (non-hydrogen) atoms. The molecular weight excluding hydrogens is 202 g/mol. The van der Waals surface area contributed by atoms with Gasteiger partial charge in [-0.25, -0.2) is 4.79 Å². The van der Waals surface area contributed by atoms with Gasteiger partial charge in [0.25, 0.3) is 0 Å². The number of hydrogen-bond donors (Lipinski definition) is 0. The Hall–Kier alpha value is -1.51. The second-order valence-corrected chi connectivity index (χ2v) is 3.93. The van der Waals surface area contributed by atoms with E-state index in [9.17, 15) is 4.79 Å². The normalized spacial score (nSPS) is 9.94. The van der Waals surface area contributed by atoms with Gasteiger partial charge in [0.2, 0.25) is 0 Å². The molecule has 1 aromatic rings. The number of benzene rings is 1. The fraction of sp³-hybridized carbons (Fsp3) is 0.462. The number of esters is 1. The Bertz CT molecular complexity index is 348. The first kappa shape index (κ1) is 12.6. The van der Waals surface area contributed by atoms with Crippen LogP contribution in [0.2, 0.25) is 0 Å². The van der Waals surface area contributed by atoms with Crippen molar-refractivity contribution >= 4 is 11.7 Å². The lowest BCUT2D eigenvalue weighted by Gasteiger charge is -2.13. The minimum absolute atomic E-state index is 0.239. The summed E-state index contributed by atoms with van der Waals surface area (Å²) < 4.78 is 5.15. The number of carbonyl (C=O) groups is 1. The van der Waals surface area contributed by atoms with Crippen molar-refractivity contribution in [1.29, 1.82) is 0 Å². The van der Waals surface area contributed by atoms with Crippen LogP contribution >= 0.6 is 0 Å². The lowest BCUT2D eigenvalue weighted by molar-refractivity contribution is 0.0500. The van der Waals surface area contributed by atoms with Crippen molar-refractivity contribution in [1.82, 2.24) is 0 Å². The Morgan fingerprint density at radius 2 is 2.12 bits per heavy atom. The highest BCUT2D eigenvalue weighted by Gasteiger charge is 2.07. The maximum absolute atomic E-state index is 11.7. The van der Waals surface area contributed by atoms with Gasteiger partial charge in [0.15, 0.2) is 0 Å². The van der Waals surface area contributed by atoms with E-state index < -0.39 is 0 Å². The topological polar surface area (TPSA) is 29.5 Å². The molecule has 0 atom stereocenters. The molecule has 0 aliphatic heterocycles. The van der Waals surface area contributed by atoms with E-state index in [0.29, 0.717) is 12.2 Å². The zero-order valence-electron chi connectivity index (χ0n) is 10.2. The van der Waals surface area contributed by atoms with Gasteiger partial charge in [-0.2, -0.15) is 0 Å². The number of hydrogen-bond acceptors (Lipinski definition) is 3. The van der Waals surface area contributed by atoms with E-state index in [1.807, 2.05) is 37.2 Å². The molecule has 0 aliphatic rings. The van der Waals surface area contributed by atoms with Crippen LogP contribution in [-0.4, -0.2) is 26.7 Å². The monoisotopic (exact) mass is 221 g/mol. The standard InChI is InChI=1S/C13H19NO2/c1-4-5-9-16-13(15)11-7-6-8-12(10-11)14(2)3/h6-8,10H,4-5,9H2,1-3H3. The summed E-state index contributed by atoms with van der Waals surface area (Å²) in [6, 6.07) is 7.45. The molecule has 0 fully saturated rings. The van der Waals surface area contributed by atoms with Crippen molar-refractivity contribution in [2.24, 2.45) is 0 Å². The highest BCUT2D eigenvalue weighted by Crippen LogP contribution is 2.14. The van der Waals surface area contributed by atoms with Gasteiger partial charge in [-0.1, -0.05) is 19.4 Å². The molecule has 0 N–H and O–H groups in total. The van der Waals surface area contributed by atoms with Crippen molar-refractivity contribution < 1.29 is 9.53 Å². The molecule has 0 aromatic heterocycles. The molecule has 3 nitrogen and oxygen atoms in total. The third kappa shape index (κ3) is 3.57. The number of rotatable bonds is 5. The lowest BCUT2D eigenvalue weighted by atomic mass is 10.2. The predicted octanol–water partition coefficient (Wildman–Crippen LogP) is 2.71. The Labute approximate surface area is 97.0 Å². The van der Waals surface area contributed by atoms with Gasteiger partial charge in [-0.15, -0.1) is 0 Å². The summed E-state index contributed by atoms with van der Waals surface area (Å²) in [6.07, 6.45) is 1.95. The van der Waals surface area contributed by atoms with Crippen molar-refractivity contribution in [2.75, 3.05) is 25.6 Å². The Morgan fingerprint density at radius 3 is 2.75 bits per heavy atom. The van der Waals surface area contributed by atoms with Gasteiger partial charge >= 0.3 is 5.97 Å². The van der Waals surface area contributed by atoms with Gasteiger partial charge < -0.3 is 9.64 Å². The summed E-state index contributed by atoms with van der Waals surface area (Å²) in [7, 11) is 3.89. The van der Waals surface area contributed by atoms with Crippen molar-refractivity contribution in [3.63, 3.8) is 0 Å². The Kier molecular flexibility index (Phi) is 4.83. The molecule has 3 heteroatoms. The number of unbranched alkanes of at least 4 members (excludes halogenated alkanes) is 1. The maximum atomic E-state index is 11.7. The van der Waals surface area contributed by atoms with Crippen molar-refractivity contribution in [2.45, 2.75) is 19.8 Å². The summed E-state index contributed by atoms with van der Waals surface area (Å²) in [5, 5.41) is 0. The van der Waals surface area contributed by atoms with E-state index in [1.165, 1.54) is 0 Å². The van der Waals surface area contributed by atoms with Crippen LogP contribution in [0.3, 0.4) is 0 Å². The van der Waals surface area contributed by atoms with Gasteiger partial charge in [-0.3, -0.25) is 0 Å². The first-order valence-corrected chi connectivity index (χ1v) is 5.59. The molecule has 0 aliphatic carbocycles. The van der Waals surface area contributed by atoms with Crippen LogP contribution < -0.4 is 4.90 Å². The fourth-order valence-electron chi connectivity index (χ4n) is 1.30. The molecule has 0 unspecified atom stereocenters. The molecule has 0 saturated carbocycles. The zero-order valence-corrected chi connectivity index (χ0v) is 10.2. The van der Waals surface area contributed by atoms with Crippen LogP contribution in [0.5, 0.6) is 0 Å². The third-order valence-corrected chi connectivity index (χ3v) is 2.33. The first-order valence-electron chi connectivity index (χ1n) is 5.59. The number of anilines is 1. The molecule has 0 saturated heterocycles. The van der Waals surface area contributed by atoms with Gasteiger partial charge in [-0.05, 0) is 24.6 Å². The molecule has 0 radical (unpaired) electrons.